The molecule has 7 nitrogen and oxygen atoms in total. The number of thioether (sulfide) groups is 1. The van der Waals surface area contributed by atoms with Crippen molar-refractivity contribution < 1.29 is 9.66 Å². The Morgan fingerprint density at radius 2 is 2.00 bits per heavy atom. The molecule has 0 spiro atoms. The van der Waals surface area contributed by atoms with Gasteiger partial charge in [0.25, 0.3) is 11.2 Å². The smallest absolute Gasteiger partial charge is 0.273 e. The van der Waals surface area contributed by atoms with Crippen LogP contribution in [-0.2, 0) is 17.0 Å². The Labute approximate surface area is 165 Å². The van der Waals surface area contributed by atoms with Gasteiger partial charge in [-0.25, -0.2) is 4.98 Å². The van der Waals surface area contributed by atoms with Crippen molar-refractivity contribution in [2.45, 2.75) is 36.4 Å². The highest BCUT2D eigenvalue weighted by Gasteiger charge is 2.21. The number of fused-ring (bicyclic) bond motifs is 1. The zero-order valence-corrected chi connectivity index (χ0v) is 15.9. The van der Waals surface area contributed by atoms with E-state index in [4.69, 9.17) is 4.74 Å². The molecule has 144 valence electrons. The molecular weight excluding hydrogens is 378 g/mol. The van der Waals surface area contributed by atoms with E-state index in [0.717, 1.165) is 12.8 Å². The molecule has 1 fully saturated rings. The first-order valence-electron chi connectivity index (χ1n) is 9.10. The van der Waals surface area contributed by atoms with Gasteiger partial charge < -0.3 is 4.74 Å². The second-order valence-electron chi connectivity index (χ2n) is 6.64. The zero-order chi connectivity index (χ0) is 19.5. The number of para-hydroxylation sites is 2. The van der Waals surface area contributed by atoms with E-state index >= 15 is 0 Å². The Morgan fingerprint density at radius 1 is 1.21 bits per heavy atom. The van der Waals surface area contributed by atoms with Crippen molar-refractivity contribution in [2.75, 3.05) is 6.61 Å². The Bertz CT molecular complexity index is 1080. The van der Waals surface area contributed by atoms with Crippen LogP contribution in [0.25, 0.3) is 10.9 Å². The van der Waals surface area contributed by atoms with Crippen LogP contribution in [0.3, 0.4) is 0 Å². The fourth-order valence-electron chi connectivity index (χ4n) is 3.36. The molecule has 0 saturated carbocycles. The van der Waals surface area contributed by atoms with E-state index in [0.29, 0.717) is 40.5 Å². The minimum Gasteiger partial charge on any atom is -0.376 e. The van der Waals surface area contributed by atoms with E-state index in [-0.39, 0.29) is 22.3 Å². The lowest BCUT2D eigenvalue weighted by Gasteiger charge is -2.16. The van der Waals surface area contributed by atoms with E-state index in [9.17, 15) is 14.9 Å². The van der Waals surface area contributed by atoms with Crippen molar-refractivity contribution in [3.05, 3.63) is 74.6 Å². The first kappa shape index (κ1) is 18.6. The molecule has 3 aromatic rings. The van der Waals surface area contributed by atoms with Crippen molar-refractivity contribution in [1.29, 1.82) is 0 Å². The molecule has 1 saturated heterocycles. The minimum atomic E-state index is -0.386. The zero-order valence-electron chi connectivity index (χ0n) is 15.1. The lowest BCUT2D eigenvalue weighted by Crippen LogP contribution is -2.28. The largest absolute Gasteiger partial charge is 0.376 e. The van der Waals surface area contributed by atoms with Gasteiger partial charge in [-0.2, -0.15) is 0 Å². The maximum atomic E-state index is 13.1. The molecule has 1 atom stereocenters. The number of hydrogen-bond donors (Lipinski definition) is 0. The number of rotatable bonds is 6. The predicted octanol–water partition coefficient (Wildman–Crippen LogP) is 3.78. The average Bonchev–Trinajstić information content (AvgIpc) is 3.22. The van der Waals surface area contributed by atoms with Crippen molar-refractivity contribution >= 4 is 28.4 Å². The van der Waals surface area contributed by atoms with Crippen LogP contribution in [0.5, 0.6) is 0 Å². The average molecular weight is 397 g/mol. The Kier molecular flexibility index (Phi) is 5.40. The van der Waals surface area contributed by atoms with Gasteiger partial charge in [0.1, 0.15) is 0 Å². The number of aromatic nitrogens is 2. The lowest BCUT2D eigenvalue weighted by molar-refractivity contribution is -0.385. The van der Waals surface area contributed by atoms with Crippen LogP contribution in [0.15, 0.2) is 58.5 Å². The quantitative estimate of drug-likeness (QED) is 0.272. The lowest BCUT2D eigenvalue weighted by atomic mass is 10.2. The third kappa shape index (κ3) is 3.79. The summed E-state index contributed by atoms with van der Waals surface area (Å²) in [6, 6.07) is 13.9. The van der Waals surface area contributed by atoms with Gasteiger partial charge in [0.2, 0.25) is 0 Å². The first-order valence-corrected chi connectivity index (χ1v) is 10.1. The van der Waals surface area contributed by atoms with Gasteiger partial charge in [0.05, 0.1) is 28.5 Å². The van der Waals surface area contributed by atoms with Crippen LogP contribution in [-0.4, -0.2) is 27.2 Å². The molecule has 0 aliphatic carbocycles. The molecule has 28 heavy (non-hydrogen) atoms. The number of nitro benzene ring substituents is 1. The van der Waals surface area contributed by atoms with Gasteiger partial charge in [-0.3, -0.25) is 19.5 Å². The third-order valence-corrected chi connectivity index (χ3v) is 5.81. The van der Waals surface area contributed by atoms with Crippen LogP contribution in [0.1, 0.15) is 18.4 Å². The number of benzene rings is 2. The standard InChI is InChI=1S/C20H19N3O4S/c24-19-16-8-2-3-9-17(16)21-20(22(19)12-15-7-5-11-27-15)28-13-14-6-1-4-10-18(14)23(25)26/h1-4,6,8-10,15H,5,7,11-13H2. The molecule has 0 N–H and O–H groups in total. The normalized spacial score (nSPS) is 16.5. The van der Waals surface area contributed by atoms with Crippen LogP contribution >= 0.6 is 11.8 Å². The van der Waals surface area contributed by atoms with E-state index in [2.05, 4.69) is 4.98 Å². The van der Waals surface area contributed by atoms with E-state index < -0.39 is 0 Å². The topological polar surface area (TPSA) is 87.3 Å². The number of nitrogens with zero attached hydrogens (tertiary/aromatic N) is 3. The molecule has 1 unspecified atom stereocenters. The molecule has 8 heteroatoms. The maximum absolute atomic E-state index is 13.1. The molecular formula is C20H19N3O4S. The van der Waals surface area contributed by atoms with Crippen LogP contribution in [0, 0.1) is 10.1 Å². The van der Waals surface area contributed by atoms with Crippen molar-refractivity contribution in [3.8, 4) is 0 Å². The van der Waals surface area contributed by atoms with Crippen molar-refractivity contribution in [2.24, 2.45) is 0 Å². The van der Waals surface area contributed by atoms with Gasteiger partial charge in [-0.1, -0.05) is 42.1 Å². The minimum absolute atomic E-state index is 0.00827. The first-order chi connectivity index (χ1) is 13.6. The summed E-state index contributed by atoms with van der Waals surface area (Å²) in [6.45, 7) is 1.15. The molecule has 2 heterocycles. The molecule has 0 bridgehead atoms. The molecule has 1 aliphatic rings. The second kappa shape index (κ2) is 8.12. The SMILES string of the molecule is O=c1c2ccccc2nc(SCc2ccccc2[N+](=O)[O-])n1CC1CCCO1. The Hall–Kier alpha value is -2.71. The van der Waals surface area contributed by atoms with Crippen LogP contribution < -0.4 is 5.56 Å². The monoisotopic (exact) mass is 397 g/mol. The molecule has 0 radical (unpaired) electrons. The fourth-order valence-corrected chi connectivity index (χ4v) is 4.37. The summed E-state index contributed by atoms with van der Waals surface area (Å²) in [6.07, 6.45) is 1.89. The van der Waals surface area contributed by atoms with Gasteiger partial charge in [0, 0.05) is 24.0 Å². The van der Waals surface area contributed by atoms with Gasteiger partial charge >= 0.3 is 0 Å². The third-order valence-electron chi connectivity index (χ3n) is 4.78. The second-order valence-corrected chi connectivity index (χ2v) is 7.58. The van der Waals surface area contributed by atoms with E-state index in [1.54, 1.807) is 28.8 Å². The van der Waals surface area contributed by atoms with Crippen LogP contribution in [0.4, 0.5) is 5.69 Å². The Morgan fingerprint density at radius 3 is 2.79 bits per heavy atom. The molecule has 1 aromatic heterocycles. The number of ether oxygens (including phenoxy) is 1. The molecule has 0 amide bonds. The van der Waals surface area contributed by atoms with Gasteiger partial charge in [-0.15, -0.1) is 0 Å². The highest BCUT2D eigenvalue weighted by molar-refractivity contribution is 7.98. The van der Waals surface area contributed by atoms with Crippen molar-refractivity contribution in [3.63, 3.8) is 0 Å². The fraction of sp³-hybridized carbons (Fsp3) is 0.300. The van der Waals surface area contributed by atoms with Gasteiger partial charge in [-0.05, 0) is 25.0 Å². The summed E-state index contributed by atoms with van der Waals surface area (Å²) in [4.78, 5) is 28.6. The highest BCUT2D eigenvalue weighted by atomic mass is 32.2. The summed E-state index contributed by atoms with van der Waals surface area (Å²) in [5.41, 5.74) is 1.19. The number of nitro groups is 1. The van der Waals surface area contributed by atoms with E-state index in [1.807, 2.05) is 18.2 Å². The summed E-state index contributed by atoms with van der Waals surface area (Å²) in [5.74, 6) is 0.355. The van der Waals surface area contributed by atoms with E-state index in [1.165, 1.54) is 17.8 Å². The Balaban J connectivity index is 1.70. The molecule has 1 aliphatic heterocycles. The summed E-state index contributed by atoms with van der Waals surface area (Å²) < 4.78 is 7.36. The maximum Gasteiger partial charge on any atom is 0.273 e. The summed E-state index contributed by atoms with van der Waals surface area (Å²) in [7, 11) is 0. The predicted molar refractivity (Wildman–Crippen MR) is 108 cm³/mol. The van der Waals surface area contributed by atoms with Crippen LogP contribution in [0.2, 0.25) is 0 Å². The number of hydrogen-bond acceptors (Lipinski definition) is 6. The highest BCUT2D eigenvalue weighted by Crippen LogP contribution is 2.28. The molecule has 2 aromatic carbocycles. The van der Waals surface area contributed by atoms with Gasteiger partial charge in [0.15, 0.2) is 5.16 Å². The molecule has 4 rings (SSSR count). The summed E-state index contributed by atoms with van der Waals surface area (Å²) >= 11 is 1.34. The summed E-state index contributed by atoms with van der Waals surface area (Å²) in [5, 5.41) is 12.4. The van der Waals surface area contributed by atoms with Crippen molar-refractivity contribution in [1.82, 2.24) is 9.55 Å².